The first-order valence-electron chi connectivity index (χ1n) is 7.38. The number of hydrogen-bond acceptors (Lipinski definition) is 3. The number of hydrogen-bond donors (Lipinski definition) is 0. The highest BCUT2D eigenvalue weighted by Gasteiger charge is 2.25. The van der Waals surface area contributed by atoms with Crippen molar-refractivity contribution in [3.05, 3.63) is 52.8 Å². The van der Waals surface area contributed by atoms with Crippen LogP contribution >= 0.6 is 11.6 Å². The largest absolute Gasteiger partial charge is 0.335 e. The molecule has 6 heteroatoms. The molecule has 1 amide bonds. The van der Waals surface area contributed by atoms with Crippen LogP contribution in [0.15, 0.2) is 36.5 Å². The number of piperazine rings is 1. The van der Waals surface area contributed by atoms with Gasteiger partial charge in [-0.15, -0.1) is 0 Å². The molecule has 1 fully saturated rings. The molecule has 5 nitrogen and oxygen atoms in total. The number of carbonyl (C=O) groups is 1. The summed E-state index contributed by atoms with van der Waals surface area (Å²) in [6.07, 6.45) is 1.51. The lowest BCUT2D eigenvalue weighted by Gasteiger charge is -2.34. The lowest BCUT2D eigenvalue weighted by Crippen LogP contribution is -2.48. The Labute approximate surface area is 135 Å². The maximum atomic E-state index is 12.5. The molecule has 0 spiro atoms. The first-order valence-corrected chi connectivity index (χ1v) is 7.76. The third-order valence-electron chi connectivity index (χ3n) is 4.01. The van der Waals surface area contributed by atoms with E-state index < -0.39 is 0 Å². The molecule has 0 N–H and O–H groups in total. The fourth-order valence-electron chi connectivity index (χ4n) is 2.75. The second-order valence-corrected chi connectivity index (χ2v) is 5.93. The van der Waals surface area contributed by atoms with Gasteiger partial charge in [-0.3, -0.25) is 14.4 Å². The molecule has 1 saturated heterocycles. The lowest BCUT2D eigenvalue weighted by molar-refractivity contribution is 0.0618. The minimum atomic E-state index is -0.0376. The number of aromatic nitrogens is 2. The molecule has 3 rings (SSSR count). The Morgan fingerprint density at radius 2 is 1.86 bits per heavy atom. The van der Waals surface area contributed by atoms with Crippen LogP contribution in [0.2, 0.25) is 5.02 Å². The Kier molecular flexibility index (Phi) is 4.45. The fourth-order valence-corrected chi connectivity index (χ4v) is 3.00. The number of nitrogens with zero attached hydrogens (tertiary/aromatic N) is 4. The molecule has 1 aromatic heterocycles. The summed E-state index contributed by atoms with van der Waals surface area (Å²) in [6.45, 7) is 4.10. The van der Waals surface area contributed by atoms with Crippen molar-refractivity contribution >= 4 is 17.5 Å². The van der Waals surface area contributed by atoms with Crippen LogP contribution in [0.4, 0.5) is 0 Å². The number of carbonyl (C=O) groups excluding carboxylic acids is 1. The van der Waals surface area contributed by atoms with Crippen LogP contribution in [0.1, 0.15) is 16.1 Å². The number of rotatable bonds is 3. The fraction of sp³-hybridized carbons (Fsp3) is 0.375. The standard InChI is InChI=1S/C16H19ClN4O/c1-19-15(14(17)11-18-19)16(22)21-9-7-20(8-10-21)12-13-5-3-2-4-6-13/h2-6,11H,7-10,12H2,1H3. The van der Waals surface area contributed by atoms with Crippen LogP contribution in [-0.2, 0) is 13.6 Å². The minimum absolute atomic E-state index is 0.0376. The van der Waals surface area contributed by atoms with Crippen molar-refractivity contribution in [2.24, 2.45) is 7.05 Å². The van der Waals surface area contributed by atoms with E-state index in [1.165, 1.54) is 11.8 Å². The van der Waals surface area contributed by atoms with Gasteiger partial charge in [0.2, 0.25) is 0 Å². The summed E-state index contributed by atoms with van der Waals surface area (Å²) >= 11 is 6.05. The third kappa shape index (κ3) is 3.15. The molecule has 0 atom stereocenters. The maximum absolute atomic E-state index is 12.5. The Bertz CT molecular complexity index is 628. The summed E-state index contributed by atoms with van der Waals surface area (Å²) in [6, 6.07) is 10.4. The van der Waals surface area contributed by atoms with Crippen molar-refractivity contribution in [3.8, 4) is 0 Å². The van der Waals surface area contributed by atoms with Gasteiger partial charge < -0.3 is 4.90 Å². The van der Waals surface area contributed by atoms with Gasteiger partial charge in [-0.1, -0.05) is 41.9 Å². The molecule has 2 heterocycles. The average molecular weight is 319 g/mol. The van der Waals surface area contributed by atoms with Gasteiger partial charge in [-0.05, 0) is 5.56 Å². The van der Waals surface area contributed by atoms with Crippen molar-refractivity contribution in [3.63, 3.8) is 0 Å². The van der Waals surface area contributed by atoms with E-state index in [4.69, 9.17) is 11.6 Å². The molecule has 0 unspecified atom stereocenters. The van der Waals surface area contributed by atoms with Gasteiger partial charge >= 0.3 is 0 Å². The molecule has 0 radical (unpaired) electrons. The normalized spacial score (nSPS) is 16.0. The van der Waals surface area contributed by atoms with E-state index in [2.05, 4.69) is 34.3 Å². The van der Waals surface area contributed by atoms with E-state index in [1.54, 1.807) is 11.7 Å². The van der Waals surface area contributed by atoms with Gasteiger partial charge in [0.15, 0.2) is 0 Å². The Hall–Kier alpha value is -1.85. The second-order valence-electron chi connectivity index (χ2n) is 5.52. The molecular weight excluding hydrogens is 300 g/mol. The molecule has 22 heavy (non-hydrogen) atoms. The van der Waals surface area contributed by atoms with Crippen LogP contribution in [0, 0.1) is 0 Å². The van der Waals surface area contributed by atoms with E-state index in [0.717, 1.165) is 19.6 Å². The topological polar surface area (TPSA) is 41.4 Å². The van der Waals surface area contributed by atoms with Gasteiger partial charge in [0.1, 0.15) is 5.69 Å². The summed E-state index contributed by atoms with van der Waals surface area (Å²) in [4.78, 5) is 16.7. The zero-order chi connectivity index (χ0) is 15.5. The number of aryl methyl sites for hydroxylation is 1. The van der Waals surface area contributed by atoms with E-state index in [9.17, 15) is 4.79 Å². The predicted octanol–water partition coefficient (Wildman–Crippen LogP) is 2.03. The highest BCUT2D eigenvalue weighted by molar-refractivity contribution is 6.33. The van der Waals surface area contributed by atoms with E-state index in [-0.39, 0.29) is 5.91 Å². The van der Waals surface area contributed by atoms with Gasteiger partial charge in [0.05, 0.1) is 11.2 Å². The molecule has 2 aromatic rings. The van der Waals surface area contributed by atoms with Crippen molar-refractivity contribution < 1.29 is 4.79 Å². The smallest absolute Gasteiger partial charge is 0.273 e. The molecule has 0 bridgehead atoms. The number of halogens is 1. The van der Waals surface area contributed by atoms with Crippen molar-refractivity contribution in [2.75, 3.05) is 26.2 Å². The second kappa shape index (κ2) is 6.50. The summed E-state index contributed by atoms with van der Waals surface area (Å²) in [5.74, 6) is -0.0376. The van der Waals surface area contributed by atoms with Crippen LogP contribution < -0.4 is 0 Å². The zero-order valence-corrected chi connectivity index (χ0v) is 13.3. The van der Waals surface area contributed by atoms with E-state index in [0.29, 0.717) is 23.8 Å². The molecule has 1 aliphatic rings. The summed E-state index contributed by atoms with van der Waals surface area (Å²) in [7, 11) is 1.74. The monoisotopic (exact) mass is 318 g/mol. The average Bonchev–Trinajstić information content (AvgIpc) is 2.87. The molecular formula is C16H19ClN4O. The first kappa shape index (κ1) is 15.1. The highest BCUT2D eigenvalue weighted by atomic mass is 35.5. The van der Waals surface area contributed by atoms with Crippen LogP contribution in [0.5, 0.6) is 0 Å². The van der Waals surface area contributed by atoms with Gasteiger partial charge in [-0.25, -0.2) is 0 Å². The van der Waals surface area contributed by atoms with E-state index >= 15 is 0 Å². The number of benzene rings is 1. The summed E-state index contributed by atoms with van der Waals surface area (Å²) < 4.78 is 1.54. The summed E-state index contributed by atoms with van der Waals surface area (Å²) in [5.41, 5.74) is 1.77. The minimum Gasteiger partial charge on any atom is -0.335 e. The highest BCUT2D eigenvalue weighted by Crippen LogP contribution is 2.18. The Morgan fingerprint density at radius 3 is 2.45 bits per heavy atom. The first-order chi connectivity index (χ1) is 10.6. The summed E-state index contributed by atoms with van der Waals surface area (Å²) in [5, 5.41) is 4.45. The molecule has 1 aromatic carbocycles. The zero-order valence-electron chi connectivity index (χ0n) is 12.6. The SMILES string of the molecule is Cn1ncc(Cl)c1C(=O)N1CCN(Cc2ccccc2)CC1. The quantitative estimate of drug-likeness (QED) is 0.869. The van der Waals surface area contributed by atoms with Crippen molar-refractivity contribution in [1.82, 2.24) is 19.6 Å². The van der Waals surface area contributed by atoms with E-state index in [1.807, 2.05) is 11.0 Å². The molecule has 1 aliphatic heterocycles. The Morgan fingerprint density at radius 1 is 1.18 bits per heavy atom. The van der Waals surface area contributed by atoms with Gasteiger partial charge in [0.25, 0.3) is 5.91 Å². The van der Waals surface area contributed by atoms with Crippen LogP contribution in [-0.4, -0.2) is 51.7 Å². The molecule has 0 aliphatic carbocycles. The van der Waals surface area contributed by atoms with Crippen molar-refractivity contribution in [2.45, 2.75) is 6.54 Å². The van der Waals surface area contributed by atoms with Crippen LogP contribution in [0.25, 0.3) is 0 Å². The van der Waals surface area contributed by atoms with Gasteiger partial charge in [-0.2, -0.15) is 5.10 Å². The Balaban J connectivity index is 1.59. The van der Waals surface area contributed by atoms with Crippen LogP contribution in [0.3, 0.4) is 0 Å². The maximum Gasteiger partial charge on any atom is 0.273 e. The third-order valence-corrected chi connectivity index (χ3v) is 4.28. The lowest BCUT2D eigenvalue weighted by atomic mass is 10.2. The molecule has 116 valence electrons. The van der Waals surface area contributed by atoms with Crippen molar-refractivity contribution in [1.29, 1.82) is 0 Å². The van der Waals surface area contributed by atoms with Gasteiger partial charge in [0, 0.05) is 39.8 Å². The molecule has 0 saturated carbocycles. The number of amides is 1. The predicted molar refractivity (Wildman–Crippen MR) is 85.8 cm³/mol.